The molecule has 0 bridgehead atoms. The van der Waals surface area contributed by atoms with E-state index in [9.17, 15) is 0 Å². The number of nitrogens with one attached hydrogen (secondary N) is 2. The Morgan fingerprint density at radius 2 is 2.08 bits per heavy atom. The fourth-order valence-corrected chi connectivity index (χ4v) is 0.943. The zero-order valence-electron chi connectivity index (χ0n) is 6.96. The summed E-state index contributed by atoms with van der Waals surface area (Å²) in [6.07, 6.45) is 4.61. The third kappa shape index (κ3) is 3.43. The molecule has 1 aromatic rings. The Morgan fingerprint density at radius 3 is 2.75 bits per heavy atom. The molecule has 66 valence electrons. The summed E-state index contributed by atoms with van der Waals surface area (Å²) in [6.45, 7) is 1.57. The molecule has 0 amide bonds. The van der Waals surface area contributed by atoms with Crippen LogP contribution in [0.5, 0.6) is 0 Å². The monoisotopic (exact) mass is 166 g/mol. The van der Waals surface area contributed by atoms with Crippen LogP contribution in [0.2, 0.25) is 0 Å². The van der Waals surface area contributed by atoms with Gasteiger partial charge in [-0.05, 0) is 24.1 Å². The topological polar surface area (TPSA) is 63.0 Å². The van der Waals surface area contributed by atoms with E-state index >= 15 is 0 Å². The first-order valence-electron chi connectivity index (χ1n) is 3.96. The van der Waals surface area contributed by atoms with E-state index in [4.69, 9.17) is 5.84 Å². The molecule has 4 heteroatoms. The van der Waals surface area contributed by atoms with E-state index in [0.29, 0.717) is 6.67 Å². The molecule has 0 unspecified atom stereocenters. The second-order valence-corrected chi connectivity index (χ2v) is 2.49. The van der Waals surface area contributed by atoms with Crippen LogP contribution in [0, 0.1) is 0 Å². The molecule has 0 aromatic carbocycles. The molecular formula is C8H14N4. The molecule has 0 aliphatic rings. The highest BCUT2D eigenvalue weighted by molar-refractivity contribution is 5.09. The maximum atomic E-state index is 5.09. The fraction of sp³-hybridized carbons (Fsp3) is 0.375. The minimum absolute atomic E-state index is 0.644. The number of aromatic nitrogens is 1. The van der Waals surface area contributed by atoms with E-state index in [1.54, 1.807) is 12.4 Å². The summed E-state index contributed by atoms with van der Waals surface area (Å²) in [7, 11) is 0. The summed E-state index contributed by atoms with van der Waals surface area (Å²) < 4.78 is 0. The van der Waals surface area contributed by atoms with Crippen molar-refractivity contribution in [3.8, 4) is 0 Å². The Balaban J connectivity index is 2.16. The third-order valence-electron chi connectivity index (χ3n) is 1.57. The molecule has 4 nitrogen and oxygen atoms in total. The second kappa shape index (κ2) is 5.65. The van der Waals surface area contributed by atoms with Gasteiger partial charge in [0.1, 0.15) is 0 Å². The Labute approximate surface area is 72.2 Å². The Bertz CT molecular complexity index is 199. The quantitative estimate of drug-likeness (QED) is 0.242. The molecule has 0 aliphatic heterocycles. The van der Waals surface area contributed by atoms with Gasteiger partial charge in [-0.3, -0.25) is 10.8 Å². The van der Waals surface area contributed by atoms with Gasteiger partial charge < -0.3 is 5.32 Å². The van der Waals surface area contributed by atoms with Crippen molar-refractivity contribution in [3.05, 3.63) is 30.1 Å². The lowest BCUT2D eigenvalue weighted by Crippen LogP contribution is -2.34. The second-order valence-electron chi connectivity index (χ2n) is 2.49. The first kappa shape index (κ1) is 9.12. The molecule has 0 fully saturated rings. The summed E-state index contributed by atoms with van der Waals surface area (Å²) in [5.41, 5.74) is 3.82. The van der Waals surface area contributed by atoms with E-state index in [0.717, 1.165) is 13.0 Å². The van der Waals surface area contributed by atoms with Gasteiger partial charge in [0.15, 0.2) is 0 Å². The van der Waals surface area contributed by atoms with Crippen molar-refractivity contribution >= 4 is 0 Å². The lowest BCUT2D eigenvalue weighted by atomic mass is 10.2. The van der Waals surface area contributed by atoms with Gasteiger partial charge in [0.05, 0.1) is 6.67 Å². The highest BCUT2D eigenvalue weighted by atomic mass is 15.3. The number of nitrogens with zero attached hydrogens (tertiary/aromatic N) is 1. The summed E-state index contributed by atoms with van der Waals surface area (Å²) in [4.78, 5) is 3.94. The number of hydrazine groups is 1. The maximum Gasteiger partial charge on any atom is 0.0587 e. The van der Waals surface area contributed by atoms with Crippen LogP contribution in [-0.4, -0.2) is 18.2 Å². The van der Waals surface area contributed by atoms with E-state index in [1.807, 2.05) is 12.1 Å². The van der Waals surface area contributed by atoms with Crippen molar-refractivity contribution in [2.75, 3.05) is 13.2 Å². The van der Waals surface area contributed by atoms with Crippen molar-refractivity contribution in [2.24, 2.45) is 5.84 Å². The zero-order chi connectivity index (χ0) is 8.65. The molecule has 4 N–H and O–H groups in total. The van der Waals surface area contributed by atoms with Gasteiger partial charge in [-0.25, -0.2) is 5.43 Å². The largest absolute Gasteiger partial charge is 0.303 e. The van der Waals surface area contributed by atoms with Crippen LogP contribution in [0.1, 0.15) is 5.56 Å². The predicted octanol–water partition coefficient (Wildman–Crippen LogP) is -0.365. The van der Waals surface area contributed by atoms with E-state index < -0.39 is 0 Å². The molecule has 0 spiro atoms. The lowest BCUT2D eigenvalue weighted by molar-refractivity contribution is 0.601. The van der Waals surface area contributed by atoms with Crippen LogP contribution >= 0.6 is 0 Å². The van der Waals surface area contributed by atoms with Gasteiger partial charge in [0.2, 0.25) is 0 Å². The molecule has 1 heterocycles. The standard InChI is InChI=1S/C8H14N4/c9-12-7-11-6-3-8-1-4-10-5-2-8/h1-2,4-5,11-12H,3,6-7,9H2. The summed E-state index contributed by atoms with van der Waals surface area (Å²) >= 11 is 0. The molecule has 0 atom stereocenters. The SMILES string of the molecule is NNCNCCc1ccncc1. The van der Waals surface area contributed by atoms with Crippen molar-refractivity contribution in [2.45, 2.75) is 6.42 Å². The Morgan fingerprint density at radius 1 is 1.33 bits per heavy atom. The zero-order valence-corrected chi connectivity index (χ0v) is 6.96. The first-order valence-corrected chi connectivity index (χ1v) is 3.96. The Hall–Kier alpha value is -0.970. The van der Waals surface area contributed by atoms with Crippen molar-refractivity contribution in [1.82, 2.24) is 15.7 Å². The normalized spacial score (nSPS) is 10.1. The van der Waals surface area contributed by atoms with Gasteiger partial charge in [0, 0.05) is 18.9 Å². The van der Waals surface area contributed by atoms with Gasteiger partial charge in [-0.1, -0.05) is 0 Å². The highest BCUT2D eigenvalue weighted by Crippen LogP contribution is 1.95. The van der Waals surface area contributed by atoms with Crippen LogP contribution in [0.3, 0.4) is 0 Å². The average Bonchev–Trinajstić information content (AvgIpc) is 2.14. The maximum absolute atomic E-state index is 5.09. The number of hydrogen-bond acceptors (Lipinski definition) is 4. The smallest absolute Gasteiger partial charge is 0.0587 e. The molecular weight excluding hydrogens is 152 g/mol. The third-order valence-corrected chi connectivity index (χ3v) is 1.57. The molecule has 12 heavy (non-hydrogen) atoms. The minimum atomic E-state index is 0.644. The van der Waals surface area contributed by atoms with Crippen molar-refractivity contribution in [3.63, 3.8) is 0 Å². The molecule has 1 aromatic heterocycles. The molecule has 0 radical (unpaired) electrons. The number of nitrogens with two attached hydrogens (primary N) is 1. The Kier molecular flexibility index (Phi) is 4.30. The number of pyridine rings is 1. The van der Waals surface area contributed by atoms with Crippen LogP contribution in [0.15, 0.2) is 24.5 Å². The van der Waals surface area contributed by atoms with Gasteiger partial charge in [-0.15, -0.1) is 0 Å². The fourth-order valence-electron chi connectivity index (χ4n) is 0.943. The van der Waals surface area contributed by atoms with Gasteiger partial charge in [0.25, 0.3) is 0 Å². The molecule has 0 aliphatic carbocycles. The number of hydrogen-bond donors (Lipinski definition) is 3. The van der Waals surface area contributed by atoms with E-state index in [1.165, 1.54) is 5.56 Å². The van der Waals surface area contributed by atoms with E-state index in [-0.39, 0.29) is 0 Å². The van der Waals surface area contributed by atoms with Gasteiger partial charge >= 0.3 is 0 Å². The summed E-state index contributed by atoms with van der Waals surface area (Å²) in [5, 5.41) is 3.13. The average molecular weight is 166 g/mol. The van der Waals surface area contributed by atoms with E-state index in [2.05, 4.69) is 15.7 Å². The molecule has 1 rings (SSSR count). The summed E-state index contributed by atoms with van der Waals surface area (Å²) in [6, 6.07) is 4.02. The number of rotatable bonds is 5. The highest BCUT2D eigenvalue weighted by Gasteiger charge is 1.89. The molecule has 0 saturated carbocycles. The van der Waals surface area contributed by atoms with Crippen LogP contribution in [-0.2, 0) is 6.42 Å². The minimum Gasteiger partial charge on any atom is -0.303 e. The van der Waals surface area contributed by atoms with Crippen molar-refractivity contribution < 1.29 is 0 Å². The summed E-state index contributed by atoms with van der Waals surface area (Å²) in [5.74, 6) is 5.09. The molecule has 0 saturated heterocycles. The van der Waals surface area contributed by atoms with Crippen LogP contribution in [0.4, 0.5) is 0 Å². The predicted molar refractivity (Wildman–Crippen MR) is 48.1 cm³/mol. The lowest BCUT2D eigenvalue weighted by Gasteiger charge is -2.02. The van der Waals surface area contributed by atoms with Crippen molar-refractivity contribution in [1.29, 1.82) is 0 Å². The first-order chi connectivity index (χ1) is 5.93. The van der Waals surface area contributed by atoms with Gasteiger partial charge in [-0.2, -0.15) is 0 Å². The van der Waals surface area contributed by atoms with Crippen LogP contribution < -0.4 is 16.6 Å². The van der Waals surface area contributed by atoms with Crippen LogP contribution in [0.25, 0.3) is 0 Å².